The third-order valence-electron chi connectivity index (χ3n) is 5.19. The first-order valence-corrected chi connectivity index (χ1v) is 11.0. The molecule has 1 amide bonds. The number of rotatable bonds is 5. The highest BCUT2D eigenvalue weighted by molar-refractivity contribution is 7.18. The second kappa shape index (κ2) is 8.67. The lowest BCUT2D eigenvalue weighted by Crippen LogP contribution is -2.35. The summed E-state index contributed by atoms with van der Waals surface area (Å²) >= 11 is 13.6. The van der Waals surface area contributed by atoms with Crippen molar-refractivity contribution in [3.8, 4) is 11.1 Å². The van der Waals surface area contributed by atoms with E-state index in [0.29, 0.717) is 35.0 Å². The van der Waals surface area contributed by atoms with Gasteiger partial charge in [0, 0.05) is 41.1 Å². The van der Waals surface area contributed by atoms with E-state index in [9.17, 15) is 14.0 Å². The number of fused-ring (bicyclic) bond motifs is 1. The number of ether oxygens (including phenoxy) is 1. The highest BCUT2D eigenvalue weighted by Crippen LogP contribution is 2.36. The zero-order valence-corrected chi connectivity index (χ0v) is 18.5. The summed E-state index contributed by atoms with van der Waals surface area (Å²) in [6, 6.07) is 5.21. The van der Waals surface area contributed by atoms with Crippen LogP contribution in [0.3, 0.4) is 0 Å². The van der Waals surface area contributed by atoms with E-state index in [2.05, 4.69) is 0 Å². The topological polar surface area (TPSA) is 51.5 Å². The highest BCUT2D eigenvalue weighted by Gasteiger charge is 2.26. The van der Waals surface area contributed by atoms with Gasteiger partial charge in [-0.05, 0) is 24.1 Å². The molecule has 0 radical (unpaired) electrons. The molecule has 0 aliphatic carbocycles. The van der Waals surface area contributed by atoms with Crippen LogP contribution in [0.1, 0.15) is 12.0 Å². The number of pyridine rings is 1. The molecule has 0 spiro atoms. The molecule has 30 heavy (non-hydrogen) atoms. The van der Waals surface area contributed by atoms with E-state index in [1.165, 1.54) is 20.8 Å². The van der Waals surface area contributed by atoms with Gasteiger partial charge in [-0.2, -0.15) is 0 Å². The Hall–Kier alpha value is -1.93. The molecule has 1 saturated heterocycles. The SMILES string of the molecule is COCc1cn(CC(=O)N2CCC(F)C2)c(=O)c2c(-c3ccc(Cl)c(Cl)c3)csc12. The largest absolute Gasteiger partial charge is 0.380 e. The third-order valence-corrected chi connectivity index (χ3v) is 6.98. The quantitative estimate of drug-likeness (QED) is 0.542. The standard InChI is InChI=1S/C21H19Cl2FN2O3S/c1-29-10-13-7-26(9-18(27)25-5-4-14(24)8-25)21(28)19-15(11-30-20(13)19)12-2-3-16(22)17(23)6-12/h2-3,6-7,11,14H,4-5,8-10H2,1H3. The Morgan fingerprint density at radius 3 is 2.80 bits per heavy atom. The van der Waals surface area contributed by atoms with E-state index in [1.807, 2.05) is 5.38 Å². The molecule has 1 aliphatic heterocycles. The van der Waals surface area contributed by atoms with E-state index in [1.54, 1.807) is 31.5 Å². The van der Waals surface area contributed by atoms with Crippen molar-refractivity contribution in [2.24, 2.45) is 0 Å². The minimum atomic E-state index is -1.00. The summed E-state index contributed by atoms with van der Waals surface area (Å²) in [4.78, 5) is 27.4. The normalized spacial score (nSPS) is 16.5. The molecule has 1 aromatic carbocycles. The number of carbonyl (C=O) groups is 1. The molecule has 158 valence electrons. The summed E-state index contributed by atoms with van der Waals surface area (Å²) in [7, 11) is 1.57. The Labute approximate surface area is 186 Å². The zero-order chi connectivity index (χ0) is 21.4. The van der Waals surface area contributed by atoms with Crippen molar-refractivity contribution in [2.75, 3.05) is 20.2 Å². The highest BCUT2D eigenvalue weighted by atomic mass is 35.5. The predicted molar refractivity (Wildman–Crippen MR) is 118 cm³/mol. The first-order valence-electron chi connectivity index (χ1n) is 9.38. The molecular weight excluding hydrogens is 450 g/mol. The van der Waals surface area contributed by atoms with Gasteiger partial charge in [-0.1, -0.05) is 29.3 Å². The average Bonchev–Trinajstić information content (AvgIpc) is 3.35. The van der Waals surface area contributed by atoms with Crippen LogP contribution in [-0.2, 0) is 22.7 Å². The number of nitrogens with zero attached hydrogens (tertiary/aromatic N) is 2. The second-order valence-corrected chi connectivity index (χ2v) is 8.92. The van der Waals surface area contributed by atoms with Crippen LogP contribution >= 0.6 is 34.5 Å². The Morgan fingerprint density at radius 1 is 1.33 bits per heavy atom. The summed E-state index contributed by atoms with van der Waals surface area (Å²) < 4.78 is 21.0. The molecular formula is C21H19Cl2FN2O3S. The number of methoxy groups -OCH3 is 1. The first kappa shape index (κ1) is 21.3. The van der Waals surface area contributed by atoms with Crippen LogP contribution in [0, 0.1) is 0 Å². The van der Waals surface area contributed by atoms with Crippen molar-refractivity contribution < 1.29 is 13.9 Å². The van der Waals surface area contributed by atoms with Crippen LogP contribution in [0.15, 0.2) is 34.6 Å². The number of benzene rings is 1. The first-order chi connectivity index (χ1) is 14.4. The van der Waals surface area contributed by atoms with Crippen LogP contribution < -0.4 is 5.56 Å². The minimum absolute atomic E-state index is 0.0771. The molecule has 9 heteroatoms. The zero-order valence-electron chi connectivity index (χ0n) is 16.2. The Morgan fingerprint density at radius 2 is 2.13 bits per heavy atom. The molecule has 4 rings (SSSR count). The second-order valence-electron chi connectivity index (χ2n) is 7.23. The number of carbonyl (C=O) groups excluding carboxylic acids is 1. The smallest absolute Gasteiger partial charge is 0.260 e. The Kier molecular flexibility index (Phi) is 6.16. The van der Waals surface area contributed by atoms with Crippen molar-refractivity contribution in [3.05, 3.63) is 55.7 Å². The van der Waals surface area contributed by atoms with E-state index in [-0.39, 0.29) is 24.6 Å². The maximum atomic E-state index is 13.5. The van der Waals surface area contributed by atoms with Gasteiger partial charge in [-0.25, -0.2) is 4.39 Å². The maximum Gasteiger partial charge on any atom is 0.260 e. The van der Waals surface area contributed by atoms with Gasteiger partial charge in [-0.3, -0.25) is 9.59 Å². The number of thiophene rings is 1. The lowest BCUT2D eigenvalue weighted by atomic mass is 10.0. The van der Waals surface area contributed by atoms with E-state index >= 15 is 0 Å². The summed E-state index contributed by atoms with van der Waals surface area (Å²) in [5.74, 6) is -0.272. The summed E-state index contributed by atoms with van der Waals surface area (Å²) in [5.41, 5.74) is 2.01. The molecule has 1 unspecified atom stereocenters. The summed E-state index contributed by atoms with van der Waals surface area (Å²) in [6.45, 7) is 0.597. The van der Waals surface area contributed by atoms with Crippen LogP contribution in [-0.4, -0.2) is 41.7 Å². The average molecular weight is 469 g/mol. The fourth-order valence-electron chi connectivity index (χ4n) is 3.70. The number of aromatic nitrogens is 1. The number of amides is 1. The molecule has 3 aromatic rings. The molecule has 1 aliphatic rings. The van der Waals surface area contributed by atoms with Gasteiger partial charge >= 0.3 is 0 Å². The van der Waals surface area contributed by atoms with Crippen molar-refractivity contribution in [2.45, 2.75) is 25.7 Å². The van der Waals surface area contributed by atoms with Gasteiger partial charge in [0.2, 0.25) is 5.91 Å². The molecule has 2 aromatic heterocycles. The van der Waals surface area contributed by atoms with E-state index in [4.69, 9.17) is 27.9 Å². The van der Waals surface area contributed by atoms with Crippen molar-refractivity contribution >= 4 is 50.5 Å². The molecule has 0 saturated carbocycles. The predicted octanol–water partition coefficient (Wildman–Crippen LogP) is 4.75. The third kappa shape index (κ3) is 3.99. The fourth-order valence-corrected chi connectivity index (χ4v) is 5.06. The van der Waals surface area contributed by atoms with Gasteiger partial charge in [0.05, 0.1) is 28.6 Å². The molecule has 3 heterocycles. The minimum Gasteiger partial charge on any atom is -0.380 e. The Bertz CT molecular complexity index is 1180. The number of likely N-dealkylation sites (tertiary alicyclic amines) is 1. The van der Waals surface area contributed by atoms with Crippen LogP contribution in [0.25, 0.3) is 21.2 Å². The summed E-state index contributed by atoms with van der Waals surface area (Å²) in [6.07, 6.45) is 0.987. The lowest BCUT2D eigenvalue weighted by Gasteiger charge is -2.17. The number of alkyl halides is 1. The molecule has 0 bridgehead atoms. The monoisotopic (exact) mass is 468 g/mol. The summed E-state index contributed by atoms with van der Waals surface area (Å²) in [5, 5.41) is 3.22. The van der Waals surface area contributed by atoms with E-state index < -0.39 is 6.17 Å². The lowest BCUT2D eigenvalue weighted by molar-refractivity contribution is -0.131. The number of hydrogen-bond donors (Lipinski definition) is 0. The van der Waals surface area contributed by atoms with Crippen molar-refractivity contribution in [1.82, 2.24) is 9.47 Å². The number of hydrogen-bond acceptors (Lipinski definition) is 4. The van der Waals surface area contributed by atoms with Crippen LogP contribution in [0.2, 0.25) is 10.0 Å². The van der Waals surface area contributed by atoms with Crippen molar-refractivity contribution in [1.29, 1.82) is 0 Å². The molecule has 1 atom stereocenters. The Balaban J connectivity index is 1.81. The maximum absolute atomic E-state index is 13.5. The van der Waals surface area contributed by atoms with Crippen LogP contribution in [0.4, 0.5) is 4.39 Å². The van der Waals surface area contributed by atoms with Crippen LogP contribution in [0.5, 0.6) is 0 Å². The van der Waals surface area contributed by atoms with Gasteiger partial charge in [0.25, 0.3) is 5.56 Å². The van der Waals surface area contributed by atoms with Gasteiger partial charge in [-0.15, -0.1) is 11.3 Å². The molecule has 5 nitrogen and oxygen atoms in total. The van der Waals surface area contributed by atoms with Crippen molar-refractivity contribution in [3.63, 3.8) is 0 Å². The van der Waals surface area contributed by atoms with Gasteiger partial charge in [0.1, 0.15) is 12.7 Å². The van der Waals surface area contributed by atoms with Gasteiger partial charge < -0.3 is 14.2 Å². The molecule has 1 fully saturated rings. The number of halogens is 3. The van der Waals surface area contributed by atoms with Gasteiger partial charge in [0.15, 0.2) is 0 Å². The fraction of sp³-hybridized carbons (Fsp3) is 0.333. The molecule has 0 N–H and O–H groups in total. The van der Waals surface area contributed by atoms with E-state index in [0.717, 1.165) is 21.4 Å².